The third-order valence-electron chi connectivity index (χ3n) is 4.49. The summed E-state index contributed by atoms with van der Waals surface area (Å²) in [6.45, 7) is 0. The van der Waals surface area contributed by atoms with Crippen molar-refractivity contribution in [1.29, 1.82) is 0 Å². The maximum absolute atomic E-state index is 12.5. The van der Waals surface area contributed by atoms with E-state index in [9.17, 15) is 4.79 Å². The summed E-state index contributed by atoms with van der Waals surface area (Å²) in [7, 11) is 3.19. The fraction of sp³-hybridized carbons (Fsp3) is 0.0870. The Bertz CT molecular complexity index is 1150. The van der Waals surface area contributed by atoms with Crippen molar-refractivity contribution in [2.75, 3.05) is 19.5 Å². The minimum Gasteiger partial charge on any atom is -0.497 e. The number of aromatic nitrogens is 2. The molecule has 4 rings (SSSR count). The first-order valence-electron chi connectivity index (χ1n) is 9.20. The Labute approximate surface area is 173 Å². The summed E-state index contributed by atoms with van der Waals surface area (Å²) in [5.74, 6) is 2.06. The molecular weight excluding hydrogens is 382 g/mol. The number of methoxy groups -OCH3 is 2. The van der Waals surface area contributed by atoms with Gasteiger partial charge in [0.1, 0.15) is 11.5 Å². The maximum atomic E-state index is 12.5. The van der Waals surface area contributed by atoms with Gasteiger partial charge in [0.05, 0.1) is 14.2 Å². The van der Waals surface area contributed by atoms with Gasteiger partial charge in [-0.05, 0) is 66.7 Å². The van der Waals surface area contributed by atoms with Crippen molar-refractivity contribution < 1.29 is 18.8 Å². The Kier molecular flexibility index (Phi) is 5.43. The summed E-state index contributed by atoms with van der Waals surface area (Å²) in [5.41, 5.74) is 2.67. The van der Waals surface area contributed by atoms with Crippen LogP contribution in [-0.4, -0.2) is 30.3 Å². The van der Waals surface area contributed by atoms with Crippen LogP contribution in [0.2, 0.25) is 0 Å². The normalized spacial score (nSPS) is 10.5. The van der Waals surface area contributed by atoms with Gasteiger partial charge in [-0.1, -0.05) is 11.2 Å². The van der Waals surface area contributed by atoms with Crippen molar-refractivity contribution in [2.45, 2.75) is 0 Å². The Hall–Kier alpha value is -4.13. The number of carbonyl (C=O) groups excluding carboxylic acids is 1. The van der Waals surface area contributed by atoms with E-state index < -0.39 is 0 Å². The van der Waals surface area contributed by atoms with E-state index in [1.54, 1.807) is 50.6 Å². The fourth-order valence-corrected chi connectivity index (χ4v) is 2.87. The average Bonchev–Trinajstić information content (AvgIpc) is 3.30. The molecule has 0 aliphatic carbocycles. The topological polar surface area (TPSA) is 86.5 Å². The largest absolute Gasteiger partial charge is 0.497 e. The smallest absolute Gasteiger partial charge is 0.258 e. The van der Waals surface area contributed by atoms with E-state index in [-0.39, 0.29) is 5.91 Å². The van der Waals surface area contributed by atoms with Gasteiger partial charge in [0.25, 0.3) is 11.8 Å². The zero-order valence-electron chi connectivity index (χ0n) is 16.5. The molecule has 0 spiro atoms. The van der Waals surface area contributed by atoms with Crippen LogP contribution in [0.3, 0.4) is 0 Å². The molecule has 0 aliphatic rings. The van der Waals surface area contributed by atoms with E-state index in [1.165, 1.54) is 0 Å². The lowest BCUT2D eigenvalue weighted by Crippen LogP contribution is -2.11. The Morgan fingerprint density at radius 3 is 2.20 bits per heavy atom. The van der Waals surface area contributed by atoms with Crippen LogP contribution in [0.15, 0.2) is 77.3 Å². The quantitative estimate of drug-likeness (QED) is 0.505. The highest BCUT2D eigenvalue weighted by atomic mass is 16.5. The monoisotopic (exact) mass is 401 g/mol. The molecule has 3 aromatic carbocycles. The van der Waals surface area contributed by atoms with Crippen molar-refractivity contribution in [3.63, 3.8) is 0 Å². The van der Waals surface area contributed by atoms with Crippen LogP contribution in [0.4, 0.5) is 5.69 Å². The molecule has 7 heteroatoms. The minimum absolute atomic E-state index is 0.223. The molecule has 0 saturated carbocycles. The molecule has 1 heterocycles. The molecular formula is C23H19N3O4. The second kappa shape index (κ2) is 8.48. The molecule has 0 saturated heterocycles. The summed E-state index contributed by atoms with van der Waals surface area (Å²) in [5, 5.41) is 6.92. The van der Waals surface area contributed by atoms with Crippen LogP contribution in [0, 0.1) is 0 Å². The van der Waals surface area contributed by atoms with Gasteiger partial charge in [-0.15, -0.1) is 0 Å². The van der Waals surface area contributed by atoms with E-state index in [4.69, 9.17) is 14.0 Å². The van der Waals surface area contributed by atoms with E-state index in [0.29, 0.717) is 34.3 Å². The summed E-state index contributed by atoms with van der Waals surface area (Å²) < 4.78 is 15.7. The molecule has 150 valence electrons. The van der Waals surface area contributed by atoms with E-state index >= 15 is 0 Å². The van der Waals surface area contributed by atoms with Gasteiger partial charge in [0, 0.05) is 22.4 Å². The van der Waals surface area contributed by atoms with Crippen molar-refractivity contribution in [2.24, 2.45) is 0 Å². The lowest BCUT2D eigenvalue weighted by molar-refractivity contribution is 0.102. The van der Waals surface area contributed by atoms with Gasteiger partial charge in [-0.25, -0.2) is 0 Å². The standard InChI is InChI=1S/C23H19N3O4/c1-28-19-10-6-15(7-11-19)21-25-23(30-26-21)17-4-3-5-18(14-17)24-22(27)16-8-12-20(29-2)13-9-16/h3-14H,1-2H3,(H,24,27). The Morgan fingerprint density at radius 1 is 0.867 bits per heavy atom. The van der Waals surface area contributed by atoms with Crippen molar-refractivity contribution in [1.82, 2.24) is 10.1 Å². The predicted octanol–water partition coefficient (Wildman–Crippen LogP) is 4.67. The second-order valence-electron chi connectivity index (χ2n) is 6.42. The molecule has 0 bridgehead atoms. The molecule has 0 aliphatic heterocycles. The van der Waals surface area contributed by atoms with Crippen LogP contribution in [0.5, 0.6) is 11.5 Å². The van der Waals surface area contributed by atoms with Crippen LogP contribution < -0.4 is 14.8 Å². The number of amides is 1. The SMILES string of the molecule is COc1ccc(C(=O)Nc2cccc(-c3nc(-c4ccc(OC)cc4)no3)c2)cc1. The third kappa shape index (κ3) is 4.15. The van der Waals surface area contributed by atoms with E-state index in [1.807, 2.05) is 36.4 Å². The highest BCUT2D eigenvalue weighted by Crippen LogP contribution is 2.26. The minimum atomic E-state index is -0.223. The maximum Gasteiger partial charge on any atom is 0.258 e. The first-order chi connectivity index (χ1) is 14.7. The van der Waals surface area contributed by atoms with Crippen molar-refractivity contribution in [3.8, 4) is 34.3 Å². The molecule has 1 N–H and O–H groups in total. The number of anilines is 1. The van der Waals surface area contributed by atoms with Gasteiger partial charge in [0.15, 0.2) is 0 Å². The molecule has 1 aromatic heterocycles. The number of benzene rings is 3. The molecule has 30 heavy (non-hydrogen) atoms. The number of rotatable bonds is 6. The predicted molar refractivity (Wildman–Crippen MR) is 113 cm³/mol. The lowest BCUT2D eigenvalue weighted by Gasteiger charge is -2.07. The first kappa shape index (κ1) is 19.2. The highest BCUT2D eigenvalue weighted by Gasteiger charge is 2.12. The van der Waals surface area contributed by atoms with Crippen LogP contribution in [-0.2, 0) is 0 Å². The first-order valence-corrected chi connectivity index (χ1v) is 9.20. The van der Waals surface area contributed by atoms with Gasteiger partial charge >= 0.3 is 0 Å². The average molecular weight is 401 g/mol. The Morgan fingerprint density at radius 2 is 1.53 bits per heavy atom. The Balaban J connectivity index is 1.51. The highest BCUT2D eigenvalue weighted by molar-refractivity contribution is 6.04. The number of nitrogens with zero attached hydrogens (tertiary/aromatic N) is 2. The summed E-state index contributed by atoms with van der Waals surface area (Å²) in [6, 6.07) is 21.5. The summed E-state index contributed by atoms with van der Waals surface area (Å²) in [4.78, 5) is 16.9. The van der Waals surface area contributed by atoms with Crippen molar-refractivity contribution in [3.05, 3.63) is 78.4 Å². The van der Waals surface area contributed by atoms with Crippen LogP contribution in [0.25, 0.3) is 22.8 Å². The number of hydrogen-bond acceptors (Lipinski definition) is 6. The van der Waals surface area contributed by atoms with Crippen molar-refractivity contribution >= 4 is 11.6 Å². The fourth-order valence-electron chi connectivity index (χ4n) is 2.87. The second-order valence-corrected chi connectivity index (χ2v) is 6.42. The van der Waals surface area contributed by atoms with Gasteiger partial charge in [-0.2, -0.15) is 4.98 Å². The van der Waals surface area contributed by atoms with Crippen LogP contribution in [0.1, 0.15) is 10.4 Å². The van der Waals surface area contributed by atoms with E-state index in [0.717, 1.165) is 11.3 Å². The number of ether oxygens (including phenoxy) is 2. The molecule has 1 amide bonds. The molecule has 0 fully saturated rings. The zero-order valence-corrected chi connectivity index (χ0v) is 16.5. The molecule has 7 nitrogen and oxygen atoms in total. The van der Waals surface area contributed by atoms with Gasteiger partial charge in [0.2, 0.25) is 5.82 Å². The molecule has 0 unspecified atom stereocenters. The molecule has 4 aromatic rings. The lowest BCUT2D eigenvalue weighted by atomic mass is 10.1. The van der Waals surface area contributed by atoms with Gasteiger partial charge in [-0.3, -0.25) is 4.79 Å². The number of carbonyl (C=O) groups is 1. The van der Waals surface area contributed by atoms with Gasteiger partial charge < -0.3 is 19.3 Å². The summed E-state index contributed by atoms with van der Waals surface area (Å²) in [6.07, 6.45) is 0. The zero-order chi connectivity index (χ0) is 20.9. The number of nitrogens with one attached hydrogen (secondary N) is 1. The molecule has 0 atom stereocenters. The van der Waals surface area contributed by atoms with E-state index in [2.05, 4.69) is 15.5 Å². The summed E-state index contributed by atoms with van der Waals surface area (Å²) >= 11 is 0. The molecule has 0 radical (unpaired) electrons. The third-order valence-corrected chi connectivity index (χ3v) is 4.49. The number of hydrogen-bond donors (Lipinski definition) is 1. The van der Waals surface area contributed by atoms with Crippen LogP contribution >= 0.6 is 0 Å².